The zero-order valence-electron chi connectivity index (χ0n) is 10.5. The van der Waals surface area contributed by atoms with Crippen LogP contribution in [-0.4, -0.2) is 70.0 Å². The molecule has 0 saturated carbocycles. The number of aromatic nitrogens is 4. The Morgan fingerprint density at radius 2 is 1.95 bits per heavy atom. The first-order valence-corrected chi connectivity index (χ1v) is 6.01. The lowest BCUT2D eigenvalue weighted by molar-refractivity contribution is -0.0530. The van der Waals surface area contributed by atoms with Crippen LogP contribution in [0.4, 0.5) is 0 Å². The van der Waals surface area contributed by atoms with Crippen molar-refractivity contribution in [2.24, 2.45) is 0 Å². The van der Waals surface area contributed by atoms with E-state index in [9.17, 15) is 20.4 Å². The maximum absolute atomic E-state index is 9.98. The first kappa shape index (κ1) is 13.8. The van der Waals surface area contributed by atoms with Crippen LogP contribution in [-0.2, 0) is 4.74 Å². The molecule has 2 aromatic heterocycles. The lowest BCUT2D eigenvalue weighted by atomic mass is 10.1. The van der Waals surface area contributed by atoms with Gasteiger partial charge in [0.25, 0.3) is 0 Å². The Kier molecular flexibility index (Phi) is 3.06. The third kappa shape index (κ3) is 1.94. The number of hydrogen-bond acceptors (Lipinski definition) is 9. The largest absolute Gasteiger partial charge is 0.492 e. The fourth-order valence-electron chi connectivity index (χ4n) is 2.34. The summed E-state index contributed by atoms with van der Waals surface area (Å²) in [6, 6.07) is -0.723. The molecule has 4 atom stereocenters. The van der Waals surface area contributed by atoms with E-state index in [1.807, 2.05) is 0 Å². The number of aromatic amines is 1. The number of imidazole rings is 1. The predicted octanol–water partition coefficient (Wildman–Crippen LogP) is -2.74. The number of aliphatic hydroxyl groups is 3. The van der Waals surface area contributed by atoms with E-state index in [1.165, 1.54) is 0 Å². The van der Waals surface area contributed by atoms with Crippen LogP contribution in [0.2, 0.25) is 0 Å². The second-order valence-corrected chi connectivity index (χ2v) is 4.62. The number of nitrogens with one attached hydrogen (secondary N) is 2. The second kappa shape index (κ2) is 4.66. The summed E-state index contributed by atoms with van der Waals surface area (Å²) in [5.41, 5.74) is -0.412. The molecular weight excluding hydrogens is 286 g/mol. The van der Waals surface area contributed by atoms with Crippen molar-refractivity contribution in [3.8, 4) is 11.9 Å². The highest BCUT2D eigenvalue weighted by molar-refractivity contribution is 5.76. The Morgan fingerprint density at radius 1 is 1.24 bits per heavy atom. The number of ether oxygens (including phenoxy) is 1. The molecule has 1 fully saturated rings. The summed E-state index contributed by atoms with van der Waals surface area (Å²) in [5.74, 6) is -0.573. The zero-order valence-corrected chi connectivity index (χ0v) is 10.5. The van der Waals surface area contributed by atoms with Crippen LogP contribution in [0.1, 0.15) is 6.23 Å². The smallest absolute Gasteiger partial charge is 0.319 e. The van der Waals surface area contributed by atoms with Crippen molar-refractivity contribution < 1.29 is 30.3 Å². The quantitative estimate of drug-likeness (QED) is 0.312. The van der Waals surface area contributed by atoms with Gasteiger partial charge in [0.1, 0.15) is 23.8 Å². The van der Waals surface area contributed by atoms with Crippen LogP contribution in [0.5, 0.6) is 11.9 Å². The standard InChI is InChI=1S/C10H13N5O6/c11-9-12-3-6(13-10(20)14-7(3)19)15(9)8-5(18)4(17)2(1-16)21-8/h2,4-5,8,16-18H,1H2,(H2,11,12)(H2,13,14,19,20). The summed E-state index contributed by atoms with van der Waals surface area (Å²) in [6.45, 7) is -0.517. The molecule has 3 rings (SSSR count). The maximum atomic E-state index is 9.98. The Morgan fingerprint density at radius 3 is 2.57 bits per heavy atom. The van der Waals surface area contributed by atoms with Crippen molar-refractivity contribution in [2.75, 3.05) is 6.61 Å². The van der Waals surface area contributed by atoms with Gasteiger partial charge in [0.2, 0.25) is 11.5 Å². The van der Waals surface area contributed by atoms with Crippen LogP contribution in [0.25, 0.3) is 11.2 Å². The summed E-state index contributed by atoms with van der Waals surface area (Å²) in [7, 11) is 0. The molecule has 1 aliphatic rings. The number of fused-ring (bicyclic) bond motifs is 1. The molecule has 0 spiro atoms. The molecule has 0 radical (unpaired) electrons. The molecule has 11 nitrogen and oxygen atoms in total. The summed E-state index contributed by atoms with van der Waals surface area (Å²) < 4.78 is 6.34. The summed E-state index contributed by atoms with van der Waals surface area (Å²) in [6.07, 6.45) is -5.01. The minimum absolute atomic E-state index is 0.0319. The van der Waals surface area contributed by atoms with Gasteiger partial charge in [-0.25, -0.2) is 0 Å². The van der Waals surface area contributed by atoms with E-state index in [-0.39, 0.29) is 16.8 Å². The number of hydrogen-bond donors (Lipinski definition) is 7. The van der Waals surface area contributed by atoms with Gasteiger partial charge < -0.3 is 35.3 Å². The molecule has 0 aromatic carbocycles. The van der Waals surface area contributed by atoms with Crippen LogP contribution in [0.3, 0.4) is 0 Å². The van der Waals surface area contributed by atoms with E-state index in [1.54, 1.807) is 0 Å². The molecule has 0 bridgehead atoms. The first-order valence-electron chi connectivity index (χ1n) is 6.01. The number of aromatic hydroxyl groups is 2. The van der Waals surface area contributed by atoms with E-state index in [4.69, 9.17) is 15.3 Å². The number of rotatable bonds is 2. The van der Waals surface area contributed by atoms with Gasteiger partial charge in [0.15, 0.2) is 11.9 Å². The fraction of sp³-hybridized carbons (Fsp3) is 0.500. The predicted molar refractivity (Wildman–Crippen MR) is 64.1 cm³/mol. The van der Waals surface area contributed by atoms with Crippen LogP contribution >= 0.6 is 0 Å². The van der Waals surface area contributed by atoms with Crippen molar-refractivity contribution in [3.05, 3.63) is 5.62 Å². The van der Waals surface area contributed by atoms with E-state index in [2.05, 4.69) is 15.0 Å². The Labute approximate surface area is 116 Å². The topological polar surface area (TPSA) is 181 Å². The Hall–Kier alpha value is -2.21. The number of nitrogens with zero attached hydrogens (tertiary/aromatic N) is 3. The Bertz CT molecular complexity index is 741. The maximum Gasteiger partial charge on any atom is 0.319 e. The van der Waals surface area contributed by atoms with Gasteiger partial charge in [-0.2, -0.15) is 9.97 Å². The lowest BCUT2D eigenvalue weighted by Crippen LogP contribution is -2.35. The molecule has 2 aromatic rings. The third-order valence-corrected chi connectivity index (χ3v) is 3.34. The van der Waals surface area contributed by atoms with Gasteiger partial charge in [-0.1, -0.05) is 0 Å². The molecular formula is C10H13N5O6. The van der Waals surface area contributed by atoms with Crippen LogP contribution in [0.15, 0.2) is 0 Å². The molecule has 4 unspecified atom stereocenters. The SMILES string of the molecule is N=c1[nH]c2c(O)nc(O)nc2n1C1OC(CO)C(O)C1O. The molecule has 11 heteroatoms. The summed E-state index contributed by atoms with van der Waals surface area (Å²) in [4.78, 5) is 9.48. The Balaban J connectivity index is 2.17. The molecule has 114 valence electrons. The van der Waals surface area contributed by atoms with Gasteiger partial charge in [0.05, 0.1) is 6.61 Å². The lowest BCUT2D eigenvalue weighted by Gasteiger charge is -2.16. The highest BCUT2D eigenvalue weighted by Crippen LogP contribution is 2.31. The van der Waals surface area contributed by atoms with Crippen molar-refractivity contribution in [2.45, 2.75) is 24.5 Å². The van der Waals surface area contributed by atoms with Crippen LogP contribution in [0, 0.1) is 5.41 Å². The molecule has 1 saturated heterocycles. The van der Waals surface area contributed by atoms with Crippen molar-refractivity contribution in [1.82, 2.24) is 19.5 Å². The van der Waals surface area contributed by atoms with Crippen molar-refractivity contribution in [1.29, 1.82) is 5.41 Å². The molecule has 0 aliphatic carbocycles. The zero-order chi connectivity index (χ0) is 15.3. The highest BCUT2D eigenvalue weighted by Gasteiger charge is 2.44. The fourth-order valence-corrected chi connectivity index (χ4v) is 2.34. The monoisotopic (exact) mass is 299 g/mol. The van der Waals surface area contributed by atoms with Gasteiger partial charge >= 0.3 is 6.01 Å². The second-order valence-electron chi connectivity index (χ2n) is 4.62. The van der Waals surface area contributed by atoms with Gasteiger partial charge in [-0.3, -0.25) is 9.98 Å². The molecule has 3 heterocycles. The van der Waals surface area contributed by atoms with E-state index >= 15 is 0 Å². The first-order chi connectivity index (χ1) is 9.93. The molecule has 21 heavy (non-hydrogen) atoms. The minimum Gasteiger partial charge on any atom is -0.492 e. The number of H-pyrrole nitrogens is 1. The van der Waals surface area contributed by atoms with Crippen LogP contribution < -0.4 is 5.62 Å². The average molecular weight is 299 g/mol. The average Bonchev–Trinajstić information content (AvgIpc) is 2.89. The number of aliphatic hydroxyl groups excluding tert-OH is 3. The van der Waals surface area contributed by atoms with Gasteiger partial charge in [0, 0.05) is 0 Å². The van der Waals surface area contributed by atoms with E-state index in [0.29, 0.717) is 0 Å². The molecule has 1 aliphatic heterocycles. The minimum atomic E-state index is -1.42. The van der Waals surface area contributed by atoms with Gasteiger partial charge in [-0.05, 0) is 0 Å². The van der Waals surface area contributed by atoms with Crippen molar-refractivity contribution >= 4 is 11.2 Å². The van der Waals surface area contributed by atoms with Gasteiger partial charge in [-0.15, -0.1) is 0 Å². The normalized spacial score (nSPS) is 29.3. The molecule has 0 amide bonds. The van der Waals surface area contributed by atoms with Crippen molar-refractivity contribution in [3.63, 3.8) is 0 Å². The highest BCUT2D eigenvalue weighted by atomic mass is 16.6. The summed E-state index contributed by atoms with van der Waals surface area (Å²) in [5, 5.41) is 55.6. The third-order valence-electron chi connectivity index (χ3n) is 3.34. The van der Waals surface area contributed by atoms with E-state index in [0.717, 1.165) is 4.57 Å². The summed E-state index contributed by atoms with van der Waals surface area (Å²) >= 11 is 0. The van der Waals surface area contributed by atoms with E-state index < -0.39 is 43.0 Å². The molecule has 7 N–H and O–H groups in total.